The van der Waals surface area contributed by atoms with E-state index in [9.17, 15) is 13.6 Å². The van der Waals surface area contributed by atoms with Gasteiger partial charge in [-0.15, -0.1) is 0 Å². The van der Waals surface area contributed by atoms with Crippen LogP contribution in [0, 0.1) is 0 Å². The first-order chi connectivity index (χ1) is 8.55. The highest BCUT2D eigenvalue weighted by molar-refractivity contribution is 6.04. The molecule has 1 fully saturated rings. The van der Waals surface area contributed by atoms with E-state index in [4.69, 9.17) is 0 Å². The molecule has 1 aliphatic carbocycles. The summed E-state index contributed by atoms with van der Waals surface area (Å²) in [6.07, 6.45) is -0.581. The lowest BCUT2D eigenvalue weighted by atomic mass is 9.88. The number of hydrogen-bond donors (Lipinski definition) is 2. The van der Waals surface area contributed by atoms with Crippen molar-refractivity contribution in [2.75, 3.05) is 0 Å². The number of para-hydroxylation sites is 1. The normalized spacial score (nSPS) is 18.6. The maximum atomic E-state index is 12.7. The Bertz CT molecular complexity index is 600. The van der Waals surface area contributed by atoms with Gasteiger partial charge in [-0.3, -0.25) is 9.89 Å². The number of fused-ring (bicyclic) bond motifs is 1. The summed E-state index contributed by atoms with van der Waals surface area (Å²) in [4.78, 5) is 11.9. The standard InChI is InChI=1S/C12H11F2N3O/c13-12(14)5-7(6-12)15-11(18)10-8-3-1-2-4-9(8)16-17-10/h1-4,7H,5-6H2,(H,15,18)(H,16,17). The number of amides is 1. The number of halogens is 2. The van der Waals surface area contributed by atoms with Crippen molar-refractivity contribution in [2.24, 2.45) is 0 Å². The van der Waals surface area contributed by atoms with Gasteiger partial charge in [0, 0.05) is 24.3 Å². The number of alkyl halides is 2. The van der Waals surface area contributed by atoms with Gasteiger partial charge in [-0.05, 0) is 6.07 Å². The highest BCUT2D eigenvalue weighted by Gasteiger charge is 2.46. The van der Waals surface area contributed by atoms with Crippen LogP contribution in [0.3, 0.4) is 0 Å². The first kappa shape index (κ1) is 11.1. The SMILES string of the molecule is O=C(NC1CC(F)(F)C1)c1n[nH]c2ccccc12. The van der Waals surface area contributed by atoms with E-state index in [2.05, 4.69) is 15.5 Å². The molecule has 0 unspecified atom stereocenters. The summed E-state index contributed by atoms with van der Waals surface area (Å²) in [6, 6.07) is 6.74. The molecule has 6 heteroatoms. The van der Waals surface area contributed by atoms with E-state index in [-0.39, 0.29) is 18.5 Å². The topological polar surface area (TPSA) is 57.8 Å². The van der Waals surface area contributed by atoms with Gasteiger partial charge in [-0.25, -0.2) is 8.78 Å². The van der Waals surface area contributed by atoms with Gasteiger partial charge in [0.05, 0.1) is 5.52 Å². The van der Waals surface area contributed by atoms with Gasteiger partial charge in [0.1, 0.15) is 0 Å². The molecule has 0 spiro atoms. The molecule has 1 aromatic heterocycles. The number of aromatic nitrogens is 2. The van der Waals surface area contributed by atoms with E-state index < -0.39 is 17.9 Å². The molecule has 18 heavy (non-hydrogen) atoms. The molecule has 0 bridgehead atoms. The second-order valence-electron chi connectivity index (χ2n) is 4.55. The summed E-state index contributed by atoms with van der Waals surface area (Å²) in [5.41, 5.74) is 1.00. The molecule has 1 aliphatic rings. The predicted octanol–water partition coefficient (Wildman–Crippen LogP) is 2.09. The zero-order valence-corrected chi connectivity index (χ0v) is 9.41. The number of carbonyl (C=O) groups excluding carboxylic acids is 1. The molecule has 3 rings (SSSR count). The molecule has 0 radical (unpaired) electrons. The maximum Gasteiger partial charge on any atom is 0.272 e. The monoisotopic (exact) mass is 251 g/mol. The number of aromatic amines is 1. The summed E-state index contributed by atoms with van der Waals surface area (Å²) in [6.45, 7) is 0. The fourth-order valence-corrected chi connectivity index (χ4v) is 2.15. The fraction of sp³-hybridized carbons (Fsp3) is 0.333. The van der Waals surface area contributed by atoms with E-state index in [1.54, 1.807) is 18.2 Å². The Morgan fingerprint density at radius 2 is 2.11 bits per heavy atom. The number of benzene rings is 1. The van der Waals surface area contributed by atoms with Crippen molar-refractivity contribution in [2.45, 2.75) is 24.8 Å². The Kier molecular flexibility index (Phi) is 2.33. The van der Waals surface area contributed by atoms with E-state index >= 15 is 0 Å². The van der Waals surface area contributed by atoms with Crippen LogP contribution in [0.1, 0.15) is 23.3 Å². The Hall–Kier alpha value is -1.98. The van der Waals surface area contributed by atoms with Crippen molar-refractivity contribution < 1.29 is 13.6 Å². The molecule has 2 N–H and O–H groups in total. The summed E-state index contributed by atoms with van der Waals surface area (Å²) in [5, 5.41) is 9.91. The van der Waals surface area contributed by atoms with Gasteiger partial charge in [0.15, 0.2) is 5.69 Å². The Morgan fingerprint density at radius 3 is 2.83 bits per heavy atom. The van der Waals surface area contributed by atoms with Crippen LogP contribution in [-0.4, -0.2) is 28.1 Å². The predicted molar refractivity (Wildman–Crippen MR) is 61.5 cm³/mol. The first-order valence-corrected chi connectivity index (χ1v) is 5.67. The van der Waals surface area contributed by atoms with Gasteiger partial charge >= 0.3 is 0 Å². The van der Waals surface area contributed by atoms with Crippen LogP contribution in [0.5, 0.6) is 0 Å². The average molecular weight is 251 g/mol. The molecule has 1 amide bonds. The summed E-state index contributed by atoms with van der Waals surface area (Å²) < 4.78 is 25.3. The lowest BCUT2D eigenvalue weighted by molar-refractivity contribution is -0.0901. The Morgan fingerprint density at radius 1 is 1.39 bits per heavy atom. The summed E-state index contributed by atoms with van der Waals surface area (Å²) in [7, 11) is 0. The van der Waals surface area contributed by atoms with Gasteiger partial charge in [0.2, 0.25) is 0 Å². The maximum absolute atomic E-state index is 12.7. The zero-order chi connectivity index (χ0) is 12.8. The quantitative estimate of drug-likeness (QED) is 0.858. The third-order valence-electron chi connectivity index (χ3n) is 3.11. The fourth-order valence-electron chi connectivity index (χ4n) is 2.15. The van der Waals surface area contributed by atoms with Crippen LogP contribution in [0.15, 0.2) is 24.3 Å². The van der Waals surface area contributed by atoms with Gasteiger partial charge < -0.3 is 5.32 Å². The Balaban J connectivity index is 1.77. The number of hydrogen-bond acceptors (Lipinski definition) is 2. The van der Waals surface area contributed by atoms with Crippen molar-refractivity contribution in [1.29, 1.82) is 0 Å². The number of H-pyrrole nitrogens is 1. The number of carbonyl (C=O) groups is 1. The van der Waals surface area contributed by atoms with Crippen LogP contribution in [0.25, 0.3) is 10.9 Å². The van der Waals surface area contributed by atoms with Crippen LogP contribution in [0.2, 0.25) is 0 Å². The van der Waals surface area contributed by atoms with Crippen molar-refractivity contribution in [3.63, 3.8) is 0 Å². The van der Waals surface area contributed by atoms with Gasteiger partial charge in [-0.2, -0.15) is 5.10 Å². The van der Waals surface area contributed by atoms with Gasteiger partial charge in [0.25, 0.3) is 11.8 Å². The van der Waals surface area contributed by atoms with Crippen LogP contribution >= 0.6 is 0 Å². The highest BCUT2D eigenvalue weighted by atomic mass is 19.3. The third-order valence-corrected chi connectivity index (χ3v) is 3.11. The molecule has 1 saturated carbocycles. The second kappa shape index (κ2) is 3.76. The molecule has 4 nitrogen and oxygen atoms in total. The van der Waals surface area contributed by atoms with E-state index in [0.29, 0.717) is 5.39 Å². The number of nitrogens with zero attached hydrogens (tertiary/aromatic N) is 1. The largest absolute Gasteiger partial charge is 0.347 e. The lowest BCUT2D eigenvalue weighted by Crippen LogP contribution is -2.50. The molecular formula is C12H11F2N3O. The van der Waals surface area contributed by atoms with Crippen LogP contribution in [0.4, 0.5) is 8.78 Å². The molecule has 0 atom stereocenters. The van der Waals surface area contributed by atoms with Crippen LogP contribution in [-0.2, 0) is 0 Å². The summed E-state index contributed by atoms with van der Waals surface area (Å²) in [5.74, 6) is -3.04. The van der Waals surface area contributed by atoms with Crippen molar-refractivity contribution in [3.05, 3.63) is 30.0 Å². The highest BCUT2D eigenvalue weighted by Crippen LogP contribution is 2.37. The van der Waals surface area contributed by atoms with Crippen LogP contribution < -0.4 is 5.32 Å². The van der Waals surface area contributed by atoms with Crippen molar-refractivity contribution >= 4 is 16.8 Å². The smallest absolute Gasteiger partial charge is 0.272 e. The zero-order valence-electron chi connectivity index (χ0n) is 9.41. The van der Waals surface area contributed by atoms with E-state index in [1.165, 1.54) is 0 Å². The molecule has 1 heterocycles. The number of nitrogens with one attached hydrogen (secondary N) is 2. The number of rotatable bonds is 2. The van der Waals surface area contributed by atoms with Crippen molar-refractivity contribution in [3.8, 4) is 0 Å². The van der Waals surface area contributed by atoms with E-state index in [1.807, 2.05) is 6.07 Å². The van der Waals surface area contributed by atoms with Gasteiger partial charge in [-0.1, -0.05) is 18.2 Å². The average Bonchev–Trinajstić information content (AvgIpc) is 2.70. The minimum atomic E-state index is -2.63. The molecule has 0 saturated heterocycles. The van der Waals surface area contributed by atoms with Crippen molar-refractivity contribution in [1.82, 2.24) is 15.5 Å². The molecule has 0 aliphatic heterocycles. The second-order valence-corrected chi connectivity index (χ2v) is 4.55. The summed E-state index contributed by atoms with van der Waals surface area (Å²) >= 11 is 0. The van der Waals surface area contributed by atoms with E-state index in [0.717, 1.165) is 5.52 Å². The molecular weight excluding hydrogens is 240 g/mol. The Labute approximate surface area is 101 Å². The first-order valence-electron chi connectivity index (χ1n) is 5.67. The lowest BCUT2D eigenvalue weighted by Gasteiger charge is -2.35. The molecule has 94 valence electrons. The molecule has 1 aromatic carbocycles. The minimum Gasteiger partial charge on any atom is -0.347 e. The third kappa shape index (κ3) is 1.83. The molecule has 2 aromatic rings. The minimum absolute atomic E-state index is 0.251.